The molecule has 1 fully saturated rings. The summed E-state index contributed by atoms with van der Waals surface area (Å²) in [7, 11) is 4.20. The number of carbonyl (C=O) groups excluding carboxylic acids is 2. The molecule has 3 amide bonds. The molecule has 3 N–H and O–H groups in total. The summed E-state index contributed by atoms with van der Waals surface area (Å²) in [5.74, 6) is 0.697. The number of carbonyl (C=O) groups is 2. The summed E-state index contributed by atoms with van der Waals surface area (Å²) in [5, 5.41) is 1.22. The number of benzene rings is 3. The molecule has 2 aliphatic heterocycles. The Morgan fingerprint density at radius 2 is 1.60 bits per heavy atom. The second-order valence-electron chi connectivity index (χ2n) is 11.9. The molecular formula is C35H44N6O2. The normalized spacial score (nSPS) is 17.0. The van der Waals surface area contributed by atoms with E-state index in [2.05, 4.69) is 83.5 Å². The largest absolute Gasteiger partial charge is 0.361 e. The summed E-state index contributed by atoms with van der Waals surface area (Å²) < 4.78 is 0. The smallest absolute Gasteiger partial charge is 0.314 e. The molecule has 3 aromatic carbocycles. The fourth-order valence-corrected chi connectivity index (χ4v) is 6.24. The molecule has 0 radical (unpaired) electrons. The zero-order chi connectivity index (χ0) is 30.2. The number of aromatic nitrogens is 1. The highest BCUT2D eigenvalue weighted by molar-refractivity contribution is 5.95. The van der Waals surface area contributed by atoms with Crippen LogP contribution in [0.2, 0.25) is 0 Å². The van der Waals surface area contributed by atoms with Crippen LogP contribution in [0.1, 0.15) is 23.1 Å². The number of anilines is 1. The molecule has 0 aliphatic carbocycles. The summed E-state index contributed by atoms with van der Waals surface area (Å²) in [6.07, 6.45) is 4.38. The van der Waals surface area contributed by atoms with Gasteiger partial charge in [-0.05, 0) is 61.7 Å². The third-order valence-electron chi connectivity index (χ3n) is 8.37. The maximum absolute atomic E-state index is 13.1. The minimum atomic E-state index is -0.306. The van der Waals surface area contributed by atoms with Crippen molar-refractivity contribution in [3.05, 3.63) is 102 Å². The predicted molar refractivity (Wildman–Crippen MR) is 174 cm³/mol. The summed E-state index contributed by atoms with van der Waals surface area (Å²) in [5.41, 5.74) is 11.3. The maximum atomic E-state index is 13.1. The van der Waals surface area contributed by atoms with Crippen LogP contribution < -0.4 is 10.6 Å². The summed E-state index contributed by atoms with van der Waals surface area (Å²) >= 11 is 0. The summed E-state index contributed by atoms with van der Waals surface area (Å²) in [6.45, 7) is 6.04. The molecule has 0 bridgehead atoms. The van der Waals surface area contributed by atoms with Gasteiger partial charge in [-0.25, -0.2) is 4.79 Å². The van der Waals surface area contributed by atoms with Gasteiger partial charge >= 0.3 is 6.03 Å². The van der Waals surface area contributed by atoms with Crippen molar-refractivity contribution < 1.29 is 9.59 Å². The second-order valence-corrected chi connectivity index (χ2v) is 11.9. The Morgan fingerprint density at radius 3 is 2.35 bits per heavy atom. The van der Waals surface area contributed by atoms with Gasteiger partial charge in [-0.2, -0.15) is 0 Å². The molecule has 1 aromatic heterocycles. The van der Waals surface area contributed by atoms with E-state index in [1.807, 2.05) is 35.4 Å². The number of nitrogens with two attached hydrogens (primary N) is 1. The van der Waals surface area contributed by atoms with Gasteiger partial charge in [0.2, 0.25) is 5.91 Å². The topological polar surface area (TPSA) is 88.9 Å². The van der Waals surface area contributed by atoms with Gasteiger partial charge in [0.05, 0.1) is 0 Å². The number of hydrogen-bond acceptors (Lipinski definition) is 4. The highest BCUT2D eigenvalue weighted by Crippen LogP contribution is 2.31. The van der Waals surface area contributed by atoms with E-state index in [9.17, 15) is 9.59 Å². The van der Waals surface area contributed by atoms with Crippen LogP contribution in [0.5, 0.6) is 0 Å². The molecule has 1 unspecified atom stereocenters. The van der Waals surface area contributed by atoms with Crippen molar-refractivity contribution in [2.24, 2.45) is 11.7 Å². The van der Waals surface area contributed by atoms with E-state index in [1.54, 1.807) is 4.90 Å². The van der Waals surface area contributed by atoms with Gasteiger partial charge in [0.1, 0.15) is 0 Å². The number of urea groups is 1. The summed E-state index contributed by atoms with van der Waals surface area (Å²) in [6, 6.07) is 26.7. The minimum Gasteiger partial charge on any atom is -0.361 e. The van der Waals surface area contributed by atoms with Gasteiger partial charge in [0, 0.05) is 75.0 Å². The third-order valence-corrected chi connectivity index (χ3v) is 8.37. The maximum Gasteiger partial charge on any atom is 0.314 e. The van der Waals surface area contributed by atoms with Gasteiger partial charge in [-0.3, -0.25) is 9.69 Å². The molecule has 6 rings (SSSR count). The van der Waals surface area contributed by atoms with Crippen LogP contribution in [0.15, 0.2) is 85.1 Å². The number of hydrogen-bond donors (Lipinski definition) is 2. The lowest BCUT2D eigenvalue weighted by atomic mass is 9.91. The molecule has 8 heteroatoms. The number of H-pyrrole nitrogens is 1. The monoisotopic (exact) mass is 580 g/mol. The molecule has 226 valence electrons. The molecule has 1 atom stereocenters. The Bertz CT molecular complexity index is 1490. The number of fused-ring (bicyclic) bond motifs is 2. The van der Waals surface area contributed by atoms with Crippen molar-refractivity contribution in [2.75, 3.05) is 58.3 Å². The number of rotatable bonds is 7. The van der Waals surface area contributed by atoms with E-state index in [1.165, 1.54) is 22.1 Å². The Kier molecular flexibility index (Phi) is 10.1. The van der Waals surface area contributed by atoms with E-state index in [0.717, 1.165) is 69.9 Å². The van der Waals surface area contributed by atoms with Crippen LogP contribution >= 0.6 is 0 Å². The zero-order valence-corrected chi connectivity index (χ0v) is 25.4. The Labute approximate surface area is 255 Å². The number of piperazine rings is 1. The first-order valence-corrected chi connectivity index (χ1v) is 15.3. The fraction of sp³-hybridized carbons (Fsp3) is 0.371. The van der Waals surface area contributed by atoms with E-state index >= 15 is 0 Å². The van der Waals surface area contributed by atoms with Crippen molar-refractivity contribution in [1.29, 1.82) is 0 Å². The first-order valence-electron chi connectivity index (χ1n) is 15.3. The van der Waals surface area contributed by atoms with Crippen LogP contribution in [-0.4, -0.2) is 85.0 Å². The lowest BCUT2D eigenvalue weighted by Crippen LogP contribution is -2.50. The van der Waals surface area contributed by atoms with E-state index in [0.29, 0.717) is 12.3 Å². The van der Waals surface area contributed by atoms with Crippen molar-refractivity contribution in [1.82, 2.24) is 19.7 Å². The minimum absolute atomic E-state index is 0.219. The second kappa shape index (κ2) is 14.4. The fourth-order valence-electron chi connectivity index (χ4n) is 6.24. The first kappa shape index (κ1) is 30.3. The average molecular weight is 581 g/mol. The number of para-hydroxylation sites is 2. The Morgan fingerprint density at radius 1 is 0.907 bits per heavy atom. The van der Waals surface area contributed by atoms with Gasteiger partial charge in [0.25, 0.3) is 0 Å². The van der Waals surface area contributed by atoms with E-state index in [-0.39, 0.29) is 11.9 Å². The highest BCUT2D eigenvalue weighted by Gasteiger charge is 2.28. The number of primary amides is 1. The zero-order valence-electron chi connectivity index (χ0n) is 25.4. The number of aromatic amines is 1. The number of aryl methyl sites for hydroxylation is 1. The highest BCUT2D eigenvalue weighted by atomic mass is 16.2. The standard InChI is InChI=1S/C23H27N3O.C12H17N3O/c1-25(2)15-17-13-18-7-3-6-10-22(18)26(16-17)23(27)12-11-19-14-24-21-9-5-4-8-20(19)21;13-12(16)15-8-6-14(7-9-15)10-11-4-2-1-3-5-11/h3-10,14,17,24H,11-13,15-16H2,1-2H3;1-5H,6-10H2,(H2,13,16). The van der Waals surface area contributed by atoms with Gasteiger partial charge in [0.15, 0.2) is 0 Å². The average Bonchev–Trinajstić information content (AvgIpc) is 3.43. The quantitative estimate of drug-likeness (QED) is 0.330. The van der Waals surface area contributed by atoms with Crippen LogP contribution in [-0.2, 0) is 24.2 Å². The van der Waals surface area contributed by atoms with Crippen molar-refractivity contribution in [2.45, 2.75) is 25.8 Å². The molecule has 0 saturated carbocycles. The number of amides is 3. The molecule has 43 heavy (non-hydrogen) atoms. The van der Waals surface area contributed by atoms with Crippen LogP contribution in [0, 0.1) is 5.92 Å². The molecule has 1 saturated heterocycles. The molecule has 8 nitrogen and oxygen atoms in total. The van der Waals surface area contributed by atoms with Gasteiger partial charge < -0.3 is 25.4 Å². The Balaban J connectivity index is 0.000000196. The molecular weight excluding hydrogens is 536 g/mol. The predicted octanol–water partition coefficient (Wildman–Crippen LogP) is 4.75. The SMILES string of the molecule is CN(C)CC1Cc2ccccc2N(C(=O)CCc2c[nH]c3ccccc23)C1.NC(=O)N1CCN(Cc2ccccc2)CC1. The van der Waals surface area contributed by atoms with Crippen LogP contribution in [0.4, 0.5) is 10.5 Å². The van der Waals surface area contributed by atoms with Gasteiger partial charge in [-0.1, -0.05) is 66.7 Å². The first-order chi connectivity index (χ1) is 20.9. The van der Waals surface area contributed by atoms with Crippen molar-refractivity contribution >= 4 is 28.5 Å². The summed E-state index contributed by atoms with van der Waals surface area (Å²) in [4.78, 5) is 35.6. The molecule has 0 spiro atoms. The molecule has 2 aliphatic rings. The number of nitrogens with one attached hydrogen (secondary N) is 1. The Hall–Kier alpha value is -4.14. The molecule has 3 heterocycles. The lowest BCUT2D eigenvalue weighted by Gasteiger charge is -2.36. The molecule has 4 aromatic rings. The third kappa shape index (κ3) is 8.03. The number of nitrogens with zero attached hydrogens (tertiary/aromatic N) is 4. The van der Waals surface area contributed by atoms with E-state index in [4.69, 9.17) is 5.73 Å². The van der Waals surface area contributed by atoms with Gasteiger partial charge in [-0.15, -0.1) is 0 Å². The van der Waals surface area contributed by atoms with Crippen molar-refractivity contribution in [3.63, 3.8) is 0 Å². The lowest BCUT2D eigenvalue weighted by molar-refractivity contribution is -0.118. The van der Waals surface area contributed by atoms with Crippen LogP contribution in [0.25, 0.3) is 10.9 Å². The van der Waals surface area contributed by atoms with E-state index < -0.39 is 0 Å². The van der Waals surface area contributed by atoms with Crippen LogP contribution in [0.3, 0.4) is 0 Å². The van der Waals surface area contributed by atoms with Crippen molar-refractivity contribution in [3.8, 4) is 0 Å².